The molecule has 0 heterocycles. The summed E-state index contributed by atoms with van der Waals surface area (Å²) in [5, 5.41) is 3.39. The summed E-state index contributed by atoms with van der Waals surface area (Å²) in [6.07, 6.45) is 0. The maximum absolute atomic E-state index is 12.9. The summed E-state index contributed by atoms with van der Waals surface area (Å²) in [7, 11) is -2.77. The summed E-state index contributed by atoms with van der Waals surface area (Å²) in [6, 6.07) is 19.9. The van der Waals surface area contributed by atoms with Crippen LogP contribution >= 0.6 is 7.37 Å². The maximum atomic E-state index is 12.9. The highest BCUT2D eigenvalue weighted by Crippen LogP contribution is 2.55. The fourth-order valence-electron chi connectivity index (χ4n) is 2.33. The highest BCUT2D eigenvalue weighted by atomic mass is 31.2. The van der Waals surface area contributed by atoms with Crippen LogP contribution in [0.2, 0.25) is 0 Å². The summed E-state index contributed by atoms with van der Waals surface area (Å²) in [5.74, 6) is -0.293. The van der Waals surface area contributed by atoms with Crippen LogP contribution in [0.4, 0.5) is 0 Å². The first-order valence-electron chi connectivity index (χ1n) is 7.17. The van der Waals surface area contributed by atoms with Gasteiger partial charge in [-0.05, 0) is 18.1 Å². The van der Waals surface area contributed by atoms with E-state index in [1.807, 2.05) is 55.5 Å². The molecule has 0 saturated heterocycles. The number of hydrogen-bond acceptors (Lipinski definition) is 3. The van der Waals surface area contributed by atoms with Crippen molar-refractivity contribution in [3.8, 4) is 0 Å². The topological polar surface area (TPSA) is 38.3 Å². The molecule has 0 amide bonds. The quantitative estimate of drug-likeness (QED) is 0.769. The minimum absolute atomic E-state index is 0.293. The largest absolute Gasteiger partial charge is 0.328 e. The Hall–Kier alpha value is -1.41. The Bertz CT molecular complexity index is 586. The van der Waals surface area contributed by atoms with Gasteiger partial charge in [0.15, 0.2) is 0 Å². The zero-order valence-electron chi connectivity index (χ0n) is 12.5. The van der Waals surface area contributed by atoms with E-state index in [9.17, 15) is 4.57 Å². The zero-order chi connectivity index (χ0) is 15.1. The number of hydrogen-bond donors (Lipinski definition) is 1. The van der Waals surface area contributed by atoms with E-state index in [0.29, 0.717) is 13.2 Å². The lowest BCUT2D eigenvalue weighted by Crippen LogP contribution is -2.21. The second-order valence-electron chi connectivity index (χ2n) is 5.01. The number of nitrogens with one attached hydrogen (secondary N) is 1. The Morgan fingerprint density at radius 1 is 1.05 bits per heavy atom. The second kappa shape index (κ2) is 7.56. The molecular formula is C17H22NO2P. The van der Waals surface area contributed by atoms with Gasteiger partial charge in [0.1, 0.15) is 5.78 Å². The van der Waals surface area contributed by atoms with Crippen molar-refractivity contribution in [2.45, 2.75) is 19.3 Å². The summed E-state index contributed by atoms with van der Waals surface area (Å²) < 4.78 is 18.4. The molecule has 0 aliphatic carbocycles. The summed E-state index contributed by atoms with van der Waals surface area (Å²) in [6.45, 7) is 4.68. The van der Waals surface area contributed by atoms with Crippen LogP contribution in [0.5, 0.6) is 0 Å². The van der Waals surface area contributed by atoms with Gasteiger partial charge < -0.3 is 4.52 Å². The van der Waals surface area contributed by atoms with Crippen LogP contribution in [0.25, 0.3) is 0 Å². The first-order valence-corrected chi connectivity index (χ1v) is 9.31. The minimum Gasteiger partial charge on any atom is -0.328 e. The van der Waals surface area contributed by atoms with Crippen LogP contribution in [0.15, 0.2) is 60.7 Å². The van der Waals surface area contributed by atoms with Crippen LogP contribution in [0.1, 0.15) is 23.8 Å². The predicted molar refractivity (Wildman–Crippen MR) is 87.6 cm³/mol. The van der Waals surface area contributed by atoms with E-state index in [4.69, 9.17) is 4.52 Å². The van der Waals surface area contributed by atoms with Gasteiger partial charge in [0, 0.05) is 13.2 Å². The molecule has 4 heteroatoms. The van der Waals surface area contributed by atoms with Crippen molar-refractivity contribution in [1.29, 1.82) is 0 Å². The molecule has 21 heavy (non-hydrogen) atoms. The molecule has 0 saturated carbocycles. The first kappa shape index (κ1) is 16.0. The summed E-state index contributed by atoms with van der Waals surface area (Å²) in [5.41, 5.74) is 2.16. The van der Waals surface area contributed by atoms with E-state index in [2.05, 4.69) is 17.4 Å². The lowest BCUT2D eigenvalue weighted by molar-refractivity contribution is 0.324. The SMILES string of the molecule is CCOP(C)(=O)C(NCc1ccccc1)c1ccccc1. The Balaban J connectivity index is 2.18. The van der Waals surface area contributed by atoms with Crippen LogP contribution < -0.4 is 5.32 Å². The van der Waals surface area contributed by atoms with Gasteiger partial charge in [-0.2, -0.15) is 0 Å². The molecule has 112 valence electrons. The van der Waals surface area contributed by atoms with Gasteiger partial charge in [-0.3, -0.25) is 9.88 Å². The van der Waals surface area contributed by atoms with E-state index in [0.717, 1.165) is 11.1 Å². The molecule has 1 N–H and O–H groups in total. The normalized spacial score (nSPS) is 15.3. The average molecular weight is 303 g/mol. The molecule has 2 unspecified atom stereocenters. The van der Waals surface area contributed by atoms with Gasteiger partial charge in [0.25, 0.3) is 0 Å². The number of rotatable bonds is 7. The standard InChI is InChI=1S/C17H22NO2P/c1-3-20-21(2,19)17(16-12-8-5-9-13-16)18-14-15-10-6-4-7-11-15/h4-13,17-18H,3,14H2,1-2H3. The molecule has 0 aliphatic rings. The van der Waals surface area contributed by atoms with E-state index >= 15 is 0 Å². The van der Waals surface area contributed by atoms with Gasteiger partial charge in [0.05, 0.1) is 6.61 Å². The third-order valence-corrected chi connectivity index (χ3v) is 5.50. The van der Waals surface area contributed by atoms with Gasteiger partial charge in [0.2, 0.25) is 7.37 Å². The first-order chi connectivity index (χ1) is 10.1. The maximum Gasteiger partial charge on any atom is 0.220 e. The highest BCUT2D eigenvalue weighted by molar-refractivity contribution is 7.58. The Morgan fingerprint density at radius 2 is 1.62 bits per heavy atom. The van der Waals surface area contributed by atoms with Crippen LogP contribution in [0, 0.1) is 0 Å². The van der Waals surface area contributed by atoms with Crippen molar-refractivity contribution in [3.05, 3.63) is 71.8 Å². The molecule has 0 fully saturated rings. The smallest absolute Gasteiger partial charge is 0.220 e. The third kappa shape index (κ3) is 4.53. The van der Waals surface area contributed by atoms with Crippen molar-refractivity contribution in [1.82, 2.24) is 5.32 Å². The van der Waals surface area contributed by atoms with Crippen LogP contribution in [0.3, 0.4) is 0 Å². The summed E-state index contributed by atoms with van der Waals surface area (Å²) in [4.78, 5) is 0. The highest BCUT2D eigenvalue weighted by Gasteiger charge is 2.29. The zero-order valence-corrected chi connectivity index (χ0v) is 13.4. The van der Waals surface area contributed by atoms with E-state index in [1.54, 1.807) is 6.66 Å². The molecule has 2 atom stereocenters. The summed E-state index contributed by atoms with van der Waals surface area (Å²) >= 11 is 0. The molecule has 0 aliphatic heterocycles. The molecule has 2 rings (SSSR count). The van der Waals surface area contributed by atoms with Crippen molar-refractivity contribution >= 4 is 7.37 Å². The fourth-order valence-corrected chi connectivity index (χ4v) is 4.13. The van der Waals surface area contributed by atoms with Gasteiger partial charge in [-0.15, -0.1) is 0 Å². The van der Waals surface area contributed by atoms with Crippen LogP contribution in [-0.4, -0.2) is 13.3 Å². The molecule has 2 aromatic rings. The predicted octanol–water partition coefficient (Wildman–Crippen LogP) is 4.42. The van der Waals surface area contributed by atoms with Gasteiger partial charge >= 0.3 is 0 Å². The third-order valence-electron chi connectivity index (χ3n) is 3.31. The molecule has 0 aromatic heterocycles. The minimum atomic E-state index is -2.77. The van der Waals surface area contributed by atoms with Crippen molar-refractivity contribution in [3.63, 3.8) is 0 Å². The van der Waals surface area contributed by atoms with Crippen molar-refractivity contribution in [2.24, 2.45) is 0 Å². The van der Waals surface area contributed by atoms with Crippen LogP contribution in [-0.2, 0) is 15.6 Å². The Labute approximate surface area is 126 Å². The Morgan fingerprint density at radius 3 is 2.19 bits per heavy atom. The molecule has 2 aromatic carbocycles. The average Bonchev–Trinajstić information content (AvgIpc) is 2.49. The van der Waals surface area contributed by atoms with E-state index < -0.39 is 7.37 Å². The Kier molecular flexibility index (Phi) is 5.75. The number of benzene rings is 2. The fraction of sp³-hybridized carbons (Fsp3) is 0.294. The molecule has 3 nitrogen and oxygen atoms in total. The van der Waals surface area contributed by atoms with Crippen molar-refractivity contribution < 1.29 is 9.09 Å². The van der Waals surface area contributed by atoms with E-state index in [1.165, 1.54) is 0 Å². The second-order valence-corrected chi connectivity index (χ2v) is 7.60. The molecule has 0 spiro atoms. The molecular weight excluding hydrogens is 281 g/mol. The molecule has 0 bridgehead atoms. The van der Waals surface area contributed by atoms with Gasteiger partial charge in [-0.1, -0.05) is 60.7 Å². The molecule has 0 radical (unpaired) electrons. The van der Waals surface area contributed by atoms with Gasteiger partial charge in [-0.25, -0.2) is 0 Å². The monoisotopic (exact) mass is 303 g/mol. The van der Waals surface area contributed by atoms with E-state index in [-0.39, 0.29) is 5.78 Å². The van der Waals surface area contributed by atoms with Crippen molar-refractivity contribution in [2.75, 3.05) is 13.3 Å². The lowest BCUT2D eigenvalue weighted by atomic mass is 10.2. The lowest BCUT2D eigenvalue weighted by Gasteiger charge is -2.25.